The highest BCUT2D eigenvalue weighted by Crippen LogP contribution is 2.26. The van der Waals surface area contributed by atoms with Gasteiger partial charge in [-0.05, 0) is 29.1 Å². The monoisotopic (exact) mass is 389 g/mol. The Morgan fingerprint density at radius 2 is 1.64 bits per heavy atom. The summed E-state index contributed by atoms with van der Waals surface area (Å²) in [5.41, 5.74) is 2.91. The number of carbonyl (C=O) groups excluding carboxylic acids is 1. The van der Waals surface area contributed by atoms with Crippen LogP contribution in [0.5, 0.6) is 0 Å². The van der Waals surface area contributed by atoms with Gasteiger partial charge in [0.05, 0.1) is 16.8 Å². The molecule has 0 bridgehead atoms. The maximum absolute atomic E-state index is 12.5. The molecule has 4 nitrogen and oxygen atoms in total. The Hall–Kier alpha value is -3.05. The van der Waals surface area contributed by atoms with Crippen LogP contribution in [0.3, 0.4) is 0 Å². The summed E-state index contributed by atoms with van der Waals surface area (Å²) in [6.07, 6.45) is 1.64. The van der Waals surface area contributed by atoms with Crippen LogP contribution < -0.4 is 0 Å². The first-order valence-corrected chi connectivity index (χ1v) is 10.7. The molecule has 28 heavy (non-hydrogen) atoms. The van der Waals surface area contributed by atoms with Gasteiger partial charge in [-0.2, -0.15) is 0 Å². The van der Waals surface area contributed by atoms with E-state index in [0.29, 0.717) is 11.3 Å². The van der Waals surface area contributed by atoms with Crippen molar-refractivity contribution in [2.45, 2.75) is 12.4 Å². The van der Waals surface area contributed by atoms with E-state index < -0.39 is 16.8 Å². The number of aromatic nitrogens is 1. The van der Waals surface area contributed by atoms with E-state index in [4.69, 9.17) is 9.72 Å². The molecule has 0 saturated heterocycles. The van der Waals surface area contributed by atoms with Crippen LogP contribution in [-0.2, 0) is 27.9 Å². The predicted molar refractivity (Wildman–Crippen MR) is 113 cm³/mol. The van der Waals surface area contributed by atoms with Crippen LogP contribution in [0.1, 0.15) is 21.6 Å². The van der Waals surface area contributed by atoms with Gasteiger partial charge in [0.15, 0.2) is 0 Å². The van der Waals surface area contributed by atoms with E-state index in [0.717, 1.165) is 32.9 Å². The van der Waals surface area contributed by atoms with E-state index >= 15 is 0 Å². The minimum Gasteiger partial charge on any atom is -0.456 e. The SMILES string of the molecule is C[S@](=O)Cc1cccc(C(=O)OCc2nc3ccccc3c3ccccc23)c1. The molecule has 0 radical (unpaired) electrons. The Morgan fingerprint density at radius 1 is 0.929 bits per heavy atom. The molecule has 1 aromatic heterocycles. The molecule has 3 aromatic carbocycles. The van der Waals surface area contributed by atoms with Crippen LogP contribution >= 0.6 is 0 Å². The molecule has 1 heterocycles. The maximum atomic E-state index is 12.5. The van der Waals surface area contributed by atoms with Gasteiger partial charge in [0.1, 0.15) is 6.61 Å². The number of carbonyl (C=O) groups is 1. The van der Waals surface area contributed by atoms with Crippen molar-refractivity contribution in [1.82, 2.24) is 4.98 Å². The lowest BCUT2D eigenvalue weighted by Crippen LogP contribution is -2.07. The summed E-state index contributed by atoms with van der Waals surface area (Å²) in [5, 5.41) is 3.14. The number of hydrogen-bond donors (Lipinski definition) is 0. The Kier molecular flexibility index (Phi) is 5.17. The first kappa shape index (κ1) is 18.3. The molecule has 4 rings (SSSR count). The normalized spacial score (nSPS) is 12.2. The number of para-hydroxylation sites is 1. The molecule has 4 aromatic rings. The van der Waals surface area contributed by atoms with E-state index in [-0.39, 0.29) is 6.61 Å². The zero-order valence-electron chi connectivity index (χ0n) is 15.4. The largest absolute Gasteiger partial charge is 0.456 e. The highest BCUT2D eigenvalue weighted by atomic mass is 32.2. The number of hydrogen-bond acceptors (Lipinski definition) is 4. The number of esters is 1. The van der Waals surface area contributed by atoms with Crippen molar-refractivity contribution in [1.29, 1.82) is 0 Å². The second-order valence-electron chi connectivity index (χ2n) is 6.62. The van der Waals surface area contributed by atoms with Gasteiger partial charge in [0.2, 0.25) is 0 Å². The summed E-state index contributed by atoms with van der Waals surface area (Å²) in [6.45, 7) is 0.0914. The average Bonchev–Trinajstić information content (AvgIpc) is 2.71. The van der Waals surface area contributed by atoms with Crippen LogP contribution in [0.15, 0.2) is 72.8 Å². The second kappa shape index (κ2) is 7.90. The Labute approximate surface area is 165 Å². The van der Waals surface area contributed by atoms with Crippen molar-refractivity contribution in [3.05, 3.63) is 89.6 Å². The minimum absolute atomic E-state index is 0.0914. The number of fused-ring (bicyclic) bond motifs is 3. The Morgan fingerprint density at radius 3 is 2.43 bits per heavy atom. The highest BCUT2D eigenvalue weighted by Gasteiger charge is 2.12. The van der Waals surface area contributed by atoms with Crippen LogP contribution in [0.4, 0.5) is 0 Å². The van der Waals surface area contributed by atoms with Crippen molar-refractivity contribution in [3.8, 4) is 0 Å². The third-order valence-electron chi connectivity index (χ3n) is 4.56. The van der Waals surface area contributed by atoms with Gasteiger partial charge in [-0.15, -0.1) is 0 Å². The van der Waals surface area contributed by atoms with Crippen molar-refractivity contribution in [2.75, 3.05) is 6.26 Å². The molecule has 0 aliphatic heterocycles. The Balaban J connectivity index is 1.62. The zero-order valence-corrected chi connectivity index (χ0v) is 16.2. The minimum atomic E-state index is -0.963. The van der Waals surface area contributed by atoms with Gasteiger partial charge in [-0.25, -0.2) is 9.78 Å². The smallest absolute Gasteiger partial charge is 0.338 e. The van der Waals surface area contributed by atoms with Gasteiger partial charge >= 0.3 is 5.97 Å². The van der Waals surface area contributed by atoms with Crippen LogP contribution in [0.25, 0.3) is 21.7 Å². The summed E-state index contributed by atoms with van der Waals surface area (Å²) in [6, 6.07) is 23.0. The zero-order chi connectivity index (χ0) is 19.5. The lowest BCUT2D eigenvalue weighted by atomic mass is 10.0. The molecule has 0 aliphatic carbocycles. The summed E-state index contributed by atoms with van der Waals surface area (Å²) in [4.78, 5) is 17.2. The number of rotatable bonds is 5. The van der Waals surface area contributed by atoms with E-state index in [1.54, 1.807) is 24.5 Å². The van der Waals surface area contributed by atoms with Crippen LogP contribution in [-0.4, -0.2) is 21.4 Å². The molecule has 0 N–H and O–H groups in total. The molecule has 0 spiro atoms. The molecule has 0 saturated carbocycles. The van der Waals surface area contributed by atoms with Crippen LogP contribution in [0.2, 0.25) is 0 Å². The third kappa shape index (κ3) is 3.80. The first-order chi connectivity index (χ1) is 13.6. The standard InChI is InChI=1S/C23H19NO3S/c1-28(26)15-16-7-6-8-17(13-16)23(25)27-14-22-20-11-3-2-9-18(20)19-10-4-5-12-21(19)24-22/h2-13H,14-15H2,1H3/t28-/m0/s1. The highest BCUT2D eigenvalue weighted by molar-refractivity contribution is 7.83. The lowest BCUT2D eigenvalue weighted by molar-refractivity contribution is 0.0470. The Bertz CT molecular complexity index is 1200. The van der Waals surface area contributed by atoms with Gasteiger partial charge in [-0.1, -0.05) is 54.6 Å². The number of pyridine rings is 1. The van der Waals surface area contributed by atoms with E-state index in [9.17, 15) is 9.00 Å². The fourth-order valence-corrected chi connectivity index (χ4v) is 3.97. The molecule has 0 aliphatic rings. The predicted octanol–water partition coefficient (Wildman–Crippen LogP) is 4.62. The van der Waals surface area contributed by atoms with Gasteiger partial charge in [-0.3, -0.25) is 4.21 Å². The van der Waals surface area contributed by atoms with Gasteiger partial charge < -0.3 is 4.74 Å². The van der Waals surface area contributed by atoms with E-state index in [2.05, 4.69) is 6.07 Å². The van der Waals surface area contributed by atoms with E-state index in [1.165, 1.54) is 0 Å². The average molecular weight is 389 g/mol. The molecule has 0 unspecified atom stereocenters. The number of benzene rings is 3. The van der Waals surface area contributed by atoms with Crippen molar-refractivity contribution < 1.29 is 13.7 Å². The summed E-state index contributed by atoms with van der Waals surface area (Å²) in [7, 11) is -0.963. The topological polar surface area (TPSA) is 56.3 Å². The summed E-state index contributed by atoms with van der Waals surface area (Å²) < 4.78 is 17.0. The molecule has 140 valence electrons. The van der Waals surface area contributed by atoms with Crippen molar-refractivity contribution >= 4 is 38.4 Å². The van der Waals surface area contributed by atoms with Gasteiger partial charge in [0.25, 0.3) is 0 Å². The molecule has 5 heteroatoms. The molecular weight excluding hydrogens is 370 g/mol. The second-order valence-corrected chi connectivity index (χ2v) is 8.05. The summed E-state index contributed by atoms with van der Waals surface area (Å²) in [5.74, 6) is 0.000573. The first-order valence-electron chi connectivity index (χ1n) is 8.94. The third-order valence-corrected chi connectivity index (χ3v) is 5.30. The van der Waals surface area contributed by atoms with Crippen LogP contribution in [0, 0.1) is 0 Å². The maximum Gasteiger partial charge on any atom is 0.338 e. The number of ether oxygens (including phenoxy) is 1. The number of nitrogens with zero attached hydrogens (tertiary/aromatic N) is 1. The van der Waals surface area contributed by atoms with E-state index in [1.807, 2.05) is 48.5 Å². The molecule has 1 atom stereocenters. The lowest BCUT2D eigenvalue weighted by Gasteiger charge is -2.10. The quantitative estimate of drug-likeness (QED) is 0.369. The summed E-state index contributed by atoms with van der Waals surface area (Å²) >= 11 is 0. The fraction of sp³-hybridized carbons (Fsp3) is 0.130. The molecule has 0 amide bonds. The van der Waals surface area contributed by atoms with Gasteiger partial charge in [0, 0.05) is 33.6 Å². The molecular formula is C23H19NO3S. The van der Waals surface area contributed by atoms with Crippen molar-refractivity contribution in [3.63, 3.8) is 0 Å². The molecule has 0 fully saturated rings. The fourth-order valence-electron chi connectivity index (χ4n) is 3.32. The van der Waals surface area contributed by atoms with Crippen molar-refractivity contribution in [2.24, 2.45) is 0 Å².